The van der Waals surface area contributed by atoms with Crippen molar-refractivity contribution in [2.75, 3.05) is 0 Å². The summed E-state index contributed by atoms with van der Waals surface area (Å²) in [6.07, 6.45) is 9.68. The zero-order valence-corrected chi connectivity index (χ0v) is 7.72. The number of primary amides is 1. The molecule has 0 radical (unpaired) electrons. The van der Waals surface area contributed by atoms with Gasteiger partial charge in [0.1, 0.15) is 0 Å². The molecule has 2 nitrogen and oxygen atoms in total. The normalized spacial score (nSPS) is 21.3. The molecule has 1 aliphatic carbocycles. The van der Waals surface area contributed by atoms with E-state index in [1.165, 1.54) is 44.9 Å². The van der Waals surface area contributed by atoms with Gasteiger partial charge in [-0.25, -0.2) is 0 Å². The zero-order chi connectivity index (χ0) is 8.81. The molecule has 2 N–H and O–H groups in total. The van der Waals surface area contributed by atoms with Crippen molar-refractivity contribution in [1.82, 2.24) is 0 Å². The molecule has 0 aromatic carbocycles. The first-order chi connectivity index (χ1) is 5.79. The minimum Gasteiger partial charge on any atom is -0.370 e. The summed E-state index contributed by atoms with van der Waals surface area (Å²) in [5.74, 6) is 0.461. The van der Waals surface area contributed by atoms with Gasteiger partial charge < -0.3 is 5.73 Å². The van der Waals surface area contributed by atoms with Crippen LogP contribution < -0.4 is 5.73 Å². The standard InChI is InChI=1S/C10H19NO/c11-10(12)8-9-6-4-2-1-3-5-7-9/h9H,1-8H2,(H2,11,12). The van der Waals surface area contributed by atoms with Gasteiger partial charge in [-0.15, -0.1) is 0 Å². The SMILES string of the molecule is NC(=O)CC1CCCCCCC1. The summed E-state index contributed by atoms with van der Waals surface area (Å²) >= 11 is 0. The first-order valence-electron chi connectivity index (χ1n) is 5.07. The quantitative estimate of drug-likeness (QED) is 0.676. The molecule has 0 heterocycles. The second-order valence-electron chi connectivity index (χ2n) is 3.88. The number of hydrogen-bond donors (Lipinski definition) is 1. The van der Waals surface area contributed by atoms with Crippen molar-refractivity contribution in [3.05, 3.63) is 0 Å². The molecule has 0 bridgehead atoms. The highest BCUT2D eigenvalue weighted by molar-refractivity contribution is 5.73. The van der Waals surface area contributed by atoms with Gasteiger partial charge in [0, 0.05) is 6.42 Å². The third-order valence-corrected chi connectivity index (χ3v) is 2.71. The van der Waals surface area contributed by atoms with Gasteiger partial charge in [-0.05, 0) is 18.8 Å². The Labute approximate surface area is 74.5 Å². The number of rotatable bonds is 2. The summed E-state index contributed by atoms with van der Waals surface area (Å²) in [5.41, 5.74) is 5.17. The number of nitrogens with two attached hydrogens (primary N) is 1. The summed E-state index contributed by atoms with van der Waals surface area (Å²) in [5, 5.41) is 0. The fourth-order valence-corrected chi connectivity index (χ4v) is 2.03. The van der Waals surface area contributed by atoms with Crippen LogP contribution >= 0.6 is 0 Å². The van der Waals surface area contributed by atoms with E-state index in [-0.39, 0.29) is 5.91 Å². The van der Waals surface area contributed by atoms with Crippen molar-refractivity contribution in [3.8, 4) is 0 Å². The molecule has 12 heavy (non-hydrogen) atoms. The molecule has 1 amide bonds. The lowest BCUT2D eigenvalue weighted by atomic mass is 9.89. The van der Waals surface area contributed by atoms with Gasteiger partial charge in [0.25, 0.3) is 0 Å². The predicted octanol–water partition coefficient (Wildman–Crippen LogP) is 2.22. The topological polar surface area (TPSA) is 43.1 Å². The van der Waals surface area contributed by atoms with Crippen LogP contribution in [0.15, 0.2) is 0 Å². The summed E-state index contributed by atoms with van der Waals surface area (Å²) in [4.78, 5) is 10.7. The molecule has 1 rings (SSSR count). The van der Waals surface area contributed by atoms with Crippen LogP contribution in [0.5, 0.6) is 0 Å². The minimum absolute atomic E-state index is 0.124. The lowest BCUT2D eigenvalue weighted by molar-refractivity contribution is -0.119. The lowest BCUT2D eigenvalue weighted by Gasteiger charge is -2.17. The van der Waals surface area contributed by atoms with E-state index < -0.39 is 0 Å². The molecular weight excluding hydrogens is 150 g/mol. The molecule has 0 aromatic heterocycles. The van der Waals surface area contributed by atoms with Gasteiger partial charge in [-0.1, -0.05) is 32.1 Å². The molecule has 1 aliphatic rings. The summed E-state index contributed by atoms with van der Waals surface area (Å²) in [6.45, 7) is 0. The molecule has 70 valence electrons. The van der Waals surface area contributed by atoms with Crippen molar-refractivity contribution >= 4 is 5.91 Å². The van der Waals surface area contributed by atoms with Gasteiger partial charge >= 0.3 is 0 Å². The van der Waals surface area contributed by atoms with Crippen LogP contribution in [0.4, 0.5) is 0 Å². The van der Waals surface area contributed by atoms with E-state index in [0.29, 0.717) is 12.3 Å². The van der Waals surface area contributed by atoms with Crippen molar-refractivity contribution in [2.45, 2.75) is 51.4 Å². The van der Waals surface area contributed by atoms with Crippen LogP contribution in [0.2, 0.25) is 0 Å². The average Bonchev–Trinajstić information content (AvgIpc) is 1.93. The maximum atomic E-state index is 10.7. The number of hydrogen-bond acceptors (Lipinski definition) is 1. The molecular formula is C10H19NO. The molecule has 2 heteroatoms. The Bertz CT molecular complexity index is 137. The number of amides is 1. The van der Waals surface area contributed by atoms with E-state index in [0.717, 1.165) is 0 Å². The first-order valence-corrected chi connectivity index (χ1v) is 5.07. The molecule has 0 spiro atoms. The second-order valence-corrected chi connectivity index (χ2v) is 3.88. The highest BCUT2D eigenvalue weighted by atomic mass is 16.1. The van der Waals surface area contributed by atoms with Gasteiger partial charge in [0.2, 0.25) is 5.91 Å². The van der Waals surface area contributed by atoms with Crippen LogP contribution in [-0.2, 0) is 4.79 Å². The predicted molar refractivity (Wildman–Crippen MR) is 49.6 cm³/mol. The van der Waals surface area contributed by atoms with Crippen LogP contribution in [0.25, 0.3) is 0 Å². The third kappa shape index (κ3) is 3.74. The van der Waals surface area contributed by atoms with Crippen molar-refractivity contribution < 1.29 is 4.79 Å². The van der Waals surface area contributed by atoms with E-state index in [1.807, 2.05) is 0 Å². The Morgan fingerprint density at radius 2 is 1.58 bits per heavy atom. The van der Waals surface area contributed by atoms with Gasteiger partial charge in [-0.2, -0.15) is 0 Å². The number of carbonyl (C=O) groups excluding carboxylic acids is 1. The Hall–Kier alpha value is -0.530. The lowest BCUT2D eigenvalue weighted by Crippen LogP contribution is -2.17. The van der Waals surface area contributed by atoms with Crippen molar-refractivity contribution in [3.63, 3.8) is 0 Å². The smallest absolute Gasteiger partial charge is 0.217 e. The van der Waals surface area contributed by atoms with Crippen LogP contribution in [0.3, 0.4) is 0 Å². The molecule has 1 saturated carbocycles. The molecule has 0 aliphatic heterocycles. The fraction of sp³-hybridized carbons (Fsp3) is 0.900. The Balaban J connectivity index is 2.24. The van der Waals surface area contributed by atoms with Crippen LogP contribution in [0, 0.1) is 5.92 Å². The summed E-state index contributed by atoms with van der Waals surface area (Å²) < 4.78 is 0. The second kappa shape index (κ2) is 5.18. The fourth-order valence-electron chi connectivity index (χ4n) is 2.03. The Morgan fingerprint density at radius 3 is 2.08 bits per heavy atom. The highest BCUT2D eigenvalue weighted by Crippen LogP contribution is 2.24. The summed E-state index contributed by atoms with van der Waals surface area (Å²) in [7, 11) is 0. The van der Waals surface area contributed by atoms with Gasteiger partial charge in [-0.3, -0.25) is 4.79 Å². The van der Waals surface area contributed by atoms with Crippen molar-refractivity contribution in [2.24, 2.45) is 11.7 Å². The molecule has 0 aromatic rings. The molecule has 0 saturated heterocycles. The van der Waals surface area contributed by atoms with Gasteiger partial charge in [0.05, 0.1) is 0 Å². The molecule has 0 atom stereocenters. The number of carbonyl (C=O) groups is 1. The van der Waals surface area contributed by atoms with Crippen LogP contribution in [0.1, 0.15) is 51.4 Å². The Morgan fingerprint density at radius 1 is 1.08 bits per heavy atom. The van der Waals surface area contributed by atoms with E-state index in [1.54, 1.807) is 0 Å². The van der Waals surface area contributed by atoms with E-state index in [4.69, 9.17) is 5.73 Å². The van der Waals surface area contributed by atoms with Gasteiger partial charge in [0.15, 0.2) is 0 Å². The monoisotopic (exact) mass is 169 g/mol. The van der Waals surface area contributed by atoms with E-state index >= 15 is 0 Å². The van der Waals surface area contributed by atoms with Crippen molar-refractivity contribution in [1.29, 1.82) is 0 Å². The van der Waals surface area contributed by atoms with Crippen LogP contribution in [-0.4, -0.2) is 5.91 Å². The molecule has 0 unspecified atom stereocenters. The zero-order valence-electron chi connectivity index (χ0n) is 7.72. The molecule has 1 fully saturated rings. The third-order valence-electron chi connectivity index (χ3n) is 2.71. The first kappa shape index (κ1) is 9.56. The van der Waals surface area contributed by atoms with E-state index in [2.05, 4.69) is 0 Å². The maximum Gasteiger partial charge on any atom is 0.217 e. The van der Waals surface area contributed by atoms with E-state index in [9.17, 15) is 4.79 Å². The average molecular weight is 169 g/mol. The highest BCUT2D eigenvalue weighted by Gasteiger charge is 2.13. The maximum absolute atomic E-state index is 10.7. The Kier molecular flexibility index (Phi) is 4.12. The largest absolute Gasteiger partial charge is 0.370 e. The minimum atomic E-state index is -0.124. The summed E-state index contributed by atoms with van der Waals surface area (Å²) in [6, 6.07) is 0.